The number of pyridine rings is 1. The van der Waals surface area contributed by atoms with Crippen LogP contribution in [0.4, 0.5) is 0 Å². The summed E-state index contributed by atoms with van der Waals surface area (Å²) in [5.41, 5.74) is 3.59. The maximum Gasteiger partial charge on any atom is 0.247 e. The van der Waals surface area contributed by atoms with E-state index in [4.69, 9.17) is 9.88 Å². The second-order valence-corrected chi connectivity index (χ2v) is 9.63. The van der Waals surface area contributed by atoms with E-state index in [-0.39, 0.29) is 23.1 Å². The molecule has 29 heavy (non-hydrogen) atoms. The molecule has 3 rings (SSSR count). The summed E-state index contributed by atoms with van der Waals surface area (Å²) in [4.78, 5) is 17.6. The molecule has 0 aromatic carbocycles. The van der Waals surface area contributed by atoms with Crippen molar-refractivity contribution in [2.24, 2.45) is 12.2 Å². The number of amides is 1. The third-order valence-corrected chi connectivity index (χ3v) is 7.22. The van der Waals surface area contributed by atoms with Crippen LogP contribution in [0.2, 0.25) is 0 Å². The molecule has 3 aromatic heterocycles. The largest absolute Gasteiger partial charge is 0.479 e. The SMILES string of the molecule is COc1nn(C)c2nc(C)c(CCC(=O)NCc3ccc(S(N)(=O)=O)s3)c(C)c12. The third kappa shape index (κ3) is 4.41. The van der Waals surface area contributed by atoms with Gasteiger partial charge in [-0.05, 0) is 43.5 Å². The van der Waals surface area contributed by atoms with Gasteiger partial charge in [0.25, 0.3) is 0 Å². The summed E-state index contributed by atoms with van der Waals surface area (Å²) in [6.45, 7) is 4.15. The minimum Gasteiger partial charge on any atom is -0.479 e. The highest BCUT2D eigenvalue weighted by Crippen LogP contribution is 2.30. The first-order valence-electron chi connectivity index (χ1n) is 8.86. The number of primary sulfonamides is 1. The van der Waals surface area contributed by atoms with Gasteiger partial charge >= 0.3 is 0 Å². The number of rotatable bonds is 7. The summed E-state index contributed by atoms with van der Waals surface area (Å²) < 4.78 is 29.8. The Hall–Kier alpha value is -2.50. The standard InChI is InChI=1S/C18H23N5O4S2/c1-10-13(11(2)21-17-16(10)18(27-4)22-23(17)3)6-7-14(24)20-9-12-5-8-15(28-12)29(19,25)26/h5,8H,6-7,9H2,1-4H3,(H,20,24)(H2,19,25,26). The zero-order valence-electron chi connectivity index (χ0n) is 16.6. The minimum absolute atomic E-state index is 0.0813. The molecule has 0 saturated heterocycles. The van der Waals surface area contributed by atoms with Crippen LogP contribution in [-0.4, -0.2) is 36.2 Å². The molecule has 0 aliphatic carbocycles. The smallest absolute Gasteiger partial charge is 0.247 e. The number of carbonyl (C=O) groups excluding carboxylic acids is 1. The van der Waals surface area contributed by atoms with Crippen LogP contribution in [-0.2, 0) is 34.8 Å². The highest BCUT2D eigenvalue weighted by molar-refractivity contribution is 7.91. The fourth-order valence-electron chi connectivity index (χ4n) is 3.23. The summed E-state index contributed by atoms with van der Waals surface area (Å²) in [7, 11) is -0.332. The lowest BCUT2D eigenvalue weighted by Crippen LogP contribution is -2.22. The van der Waals surface area contributed by atoms with Gasteiger partial charge in [0, 0.05) is 24.0 Å². The molecule has 9 nitrogen and oxygen atoms in total. The maximum absolute atomic E-state index is 12.3. The predicted octanol–water partition coefficient (Wildman–Crippen LogP) is 1.55. The number of thiophene rings is 1. The van der Waals surface area contributed by atoms with Crippen LogP contribution in [0.1, 0.15) is 28.1 Å². The second-order valence-electron chi connectivity index (χ2n) is 6.67. The van der Waals surface area contributed by atoms with E-state index < -0.39 is 10.0 Å². The molecule has 156 valence electrons. The number of fused-ring (bicyclic) bond motifs is 1. The lowest BCUT2D eigenvalue weighted by molar-refractivity contribution is -0.121. The number of nitrogens with two attached hydrogens (primary N) is 1. The van der Waals surface area contributed by atoms with Crippen LogP contribution in [0, 0.1) is 13.8 Å². The molecule has 0 aliphatic heterocycles. The van der Waals surface area contributed by atoms with Gasteiger partial charge in [0.1, 0.15) is 4.21 Å². The minimum atomic E-state index is -3.72. The fraction of sp³-hybridized carbons (Fsp3) is 0.389. The number of hydrogen-bond donors (Lipinski definition) is 2. The van der Waals surface area contributed by atoms with Crippen molar-refractivity contribution in [3.63, 3.8) is 0 Å². The van der Waals surface area contributed by atoms with E-state index in [1.807, 2.05) is 20.9 Å². The van der Waals surface area contributed by atoms with Gasteiger partial charge in [0.2, 0.25) is 21.8 Å². The van der Waals surface area contributed by atoms with Crippen molar-refractivity contribution in [2.75, 3.05) is 7.11 Å². The topological polar surface area (TPSA) is 129 Å². The number of aryl methyl sites for hydroxylation is 3. The molecule has 0 bridgehead atoms. The van der Waals surface area contributed by atoms with Crippen LogP contribution in [0.3, 0.4) is 0 Å². The molecule has 3 N–H and O–H groups in total. The second kappa shape index (κ2) is 8.09. The van der Waals surface area contributed by atoms with Crippen LogP contribution in [0.5, 0.6) is 5.88 Å². The summed E-state index contributed by atoms with van der Waals surface area (Å²) >= 11 is 1.05. The summed E-state index contributed by atoms with van der Waals surface area (Å²) in [5.74, 6) is 0.383. The zero-order valence-corrected chi connectivity index (χ0v) is 18.3. The summed E-state index contributed by atoms with van der Waals surface area (Å²) in [5, 5.41) is 13.1. The average molecular weight is 438 g/mol. The fourth-order valence-corrected chi connectivity index (χ4v) is 4.94. The van der Waals surface area contributed by atoms with E-state index in [0.717, 1.165) is 44.1 Å². The van der Waals surface area contributed by atoms with Crippen molar-refractivity contribution in [3.05, 3.63) is 33.8 Å². The van der Waals surface area contributed by atoms with Gasteiger partial charge < -0.3 is 10.1 Å². The highest BCUT2D eigenvalue weighted by atomic mass is 32.2. The van der Waals surface area contributed by atoms with Crippen molar-refractivity contribution >= 4 is 38.3 Å². The van der Waals surface area contributed by atoms with Crippen molar-refractivity contribution in [1.29, 1.82) is 0 Å². The molecule has 3 aromatic rings. The number of sulfonamides is 1. The number of ether oxygens (including phenoxy) is 1. The lowest BCUT2D eigenvalue weighted by atomic mass is 10.00. The molecule has 0 saturated carbocycles. The highest BCUT2D eigenvalue weighted by Gasteiger charge is 2.18. The third-order valence-electron chi connectivity index (χ3n) is 4.70. The van der Waals surface area contributed by atoms with Crippen molar-refractivity contribution < 1.29 is 17.9 Å². The predicted molar refractivity (Wildman–Crippen MR) is 110 cm³/mol. The molecular weight excluding hydrogens is 414 g/mol. The zero-order chi connectivity index (χ0) is 21.3. The van der Waals surface area contributed by atoms with Gasteiger partial charge in [-0.1, -0.05) is 0 Å². The molecule has 0 spiro atoms. The Balaban J connectivity index is 1.68. The van der Waals surface area contributed by atoms with Crippen LogP contribution >= 0.6 is 11.3 Å². The first-order valence-corrected chi connectivity index (χ1v) is 11.2. The monoisotopic (exact) mass is 437 g/mol. The number of methoxy groups -OCH3 is 1. The molecular formula is C18H23N5O4S2. The summed E-state index contributed by atoms with van der Waals surface area (Å²) in [6.07, 6.45) is 0.808. The molecule has 0 radical (unpaired) electrons. The molecule has 0 fully saturated rings. The van der Waals surface area contributed by atoms with Crippen LogP contribution in [0.15, 0.2) is 16.3 Å². The molecule has 3 heterocycles. The quantitative estimate of drug-likeness (QED) is 0.577. The van der Waals surface area contributed by atoms with E-state index in [1.165, 1.54) is 6.07 Å². The average Bonchev–Trinajstić information content (AvgIpc) is 3.24. The van der Waals surface area contributed by atoms with E-state index in [1.54, 1.807) is 17.9 Å². The Morgan fingerprint density at radius 2 is 2.07 bits per heavy atom. The number of hydrogen-bond acceptors (Lipinski definition) is 7. The maximum atomic E-state index is 12.3. The van der Waals surface area contributed by atoms with Gasteiger partial charge in [-0.2, -0.15) is 0 Å². The Labute approximate surface area is 172 Å². The van der Waals surface area contributed by atoms with Crippen LogP contribution < -0.4 is 15.2 Å². The lowest BCUT2D eigenvalue weighted by Gasteiger charge is -2.11. The number of carbonyl (C=O) groups is 1. The Morgan fingerprint density at radius 1 is 1.34 bits per heavy atom. The van der Waals surface area contributed by atoms with Gasteiger partial charge in [0.05, 0.1) is 19.0 Å². The summed E-state index contributed by atoms with van der Waals surface area (Å²) in [6, 6.07) is 3.09. The van der Waals surface area contributed by atoms with E-state index in [2.05, 4.69) is 15.4 Å². The molecule has 0 aliphatic rings. The van der Waals surface area contributed by atoms with Crippen LogP contribution in [0.25, 0.3) is 11.0 Å². The molecule has 11 heteroatoms. The van der Waals surface area contributed by atoms with Gasteiger partial charge in [0.15, 0.2) is 5.65 Å². The van der Waals surface area contributed by atoms with Gasteiger partial charge in [-0.15, -0.1) is 16.4 Å². The normalized spacial score (nSPS) is 11.8. The first-order chi connectivity index (χ1) is 13.6. The Morgan fingerprint density at radius 3 is 2.69 bits per heavy atom. The van der Waals surface area contributed by atoms with E-state index >= 15 is 0 Å². The first kappa shape index (κ1) is 21.2. The molecule has 0 atom stereocenters. The van der Waals surface area contributed by atoms with E-state index in [0.29, 0.717) is 12.3 Å². The van der Waals surface area contributed by atoms with Crippen molar-refractivity contribution in [3.8, 4) is 5.88 Å². The van der Waals surface area contributed by atoms with Gasteiger partial charge in [-0.3, -0.25) is 4.79 Å². The van der Waals surface area contributed by atoms with Crippen molar-refractivity contribution in [2.45, 2.75) is 37.4 Å². The molecule has 1 amide bonds. The molecule has 0 unspecified atom stereocenters. The van der Waals surface area contributed by atoms with Gasteiger partial charge in [-0.25, -0.2) is 23.2 Å². The number of nitrogens with one attached hydrogen (secondary N) is 1. The number of nitrogens with zero attached hydrogens (tertiary/aromatic N) is 3. The number of aromatic nitrogens is 3. The van der Waals surface area contributed by atoms with Crippen molar-refractivity contribution in [1.82, 2.24) is 20.1 Å². The Kier molecular flexibility index (Phi) is 5.92. The van der Waals surface area contributed by atoms with E-state index in [9.17, 15) is 13.2 Å². The Bertz CT molecular complexity index is 1180.